The minimum atomic E-state index is 0.0795. The Morgan fingerprint density at radius 1 is 0.968 bits per heavy atom. The molecule has 2 aromatic rings. The molecule has 0 bridgehead atoms. The fourth-order valence-electron chi connectivity index (χ4n) is 3.55. The van der Waals surface area contributed by atoms with E-state index in [0.29, 0.717) is 24.3 Å². The molecule has 31 heavy (non-hydrogen) atoms. The van der Waals surface area contributed by atoms with Gasteiger partial charge in [-0.05, 0) is 66.6 Å². The third-order valence-electron chi connectivity index (χ3n) is 5.38. The molecule has 168 valence electrons. The van der Waals surface area contributed by atoms with Gasteiger partial charge in [0.1, 0.15) is 0 Å². The number of phenolic OH excluding ortho intramolecular Hbond substituents is 2. The van der Waals surface area contributed by atoms with E-state index in [2.05, 4.69) is 6.92 Å². The minimum absolute atomic E-state index is 0.0795. The summed E-state index contributed by atoms with van der Waals surface area (Å²) >= 11 is 0. The molecule has 5 nitrogen and oxygen atoms in total. The molecule has 0 spiro atoms. The van der Waals surface area contributed by atoms with E-state index in [0.717, 1.165) is 36.8 Å². The Bertz CT molecular complexity index is 872. The zero-order chi connectivity index (χ0) is 22.6. The molecule has 0 unspecified atom stereocenters. The van der Waals surface area contributed by atoms with Crippen molar-refractivity contribution in [1.29, 1.82) is 0 Å². The van der Waals surface area contributed by atoms with Gasteiger partial charge in [-0.1, -0.05) is 44.4 Å². The quantitative estimate of drug-likeness (QED) is 0.321. The summed E-state index contributed by atoms with van der Waals surface area (Å²) in [6.07, 6.45) is 9.95. The maximum Gasteiger partial charge on any atom is 0.160 e. The van der Waals surface area contributed by atoms with Crippen molar-refractivity contribution in [1.82, 2.24) is 0 Å². The highest BCUT2D eigenvalue weighted by Gasteiger charge is 2.11. The lowest BCUT2D eigenvalue weighted by Crippen LogP contribution is -2.04. The molecule has 1 atom stereocenters. The number of aryl methyl sites for hydroxylation is 1. The van der Waals surface area contributed by atoms with Crippen molar-refractivity contribution in [3.05, 3.63) is 59.7 Å². The van der Waals surface area contributed by atoms with E-state index in [4.69, 9.17) is 9.47 Å². The number of carbonyl (C=O) groups excluding carboxylic acids is 1. The van der Waals surface area contributed by atoms with E-state index in [1.165, 1.54) is 13.5 Å². The smallest absolute Gasteiger partial charge is 0.160 e. The molecule has 0 saturated heterocycles. The van der Waals surface area contributed by atoms with Crippen LogP contribution < -0.4 is 9.47 Å². The Hall–Kier alpha value is -2.95. The predicted octanol–water partition coefficient (Wildman–Crippen LogP) is 5.61. The maximum atomic E-state index is 12.4. The van der Waals surface area contributed by atoms with Crippen LogP contribution in [0.3, 0.4) is 0 Å². The average molecular weight is 427 g/mol. The van der Waals surface area contributed by atoms with E-state index in [9.17, 15) is 15.0 Å². The number of ether oxygens (including phenoxy) is 2. The number of aromatic hydroxyl groups is 2. The van der Waals surface area contributed by atoms with Gasteiger partial charge in [-0.15, -0.1) is 0 Å². The summed E-state index contributed by atoms with van der Waals surface area (Å²) in [4.78, 5) is 12.4. The monoisotopic (exact) mass is 426 g/mol. The van der Waals surface area contributed by atoms with Crippen molar-refractivity contribution in [2.75, 3.05) is 14.2 Å². The van der Waals surface area contributed by atoms with Gasteiger partial charge in [0, 0.05) is 6.42 Å². The van der Waals surface area contributed by atoms with E-state index in [1.807, 2.05) is 18.2 Å². The van der Waals surface area contributed by atoms with Crippen LogP contribution in [0, 0.1) is 5.92 Å². The topological polar surface area (TPSA) is 76.0 Å². The molecule has 0 fully saturated rings. The number of hydrogen-bond donors (Lipinski definition) is 2. The van der Waals surface area contributed by atoms with Gasteiger partial charge in [-0.25, -0.2) is 0 Å². The molecular formula is C26H34O5. The summed E-state index contributed by atoms with van der Waals surface area (Å²) in [5.74, 6) is 1.44. The lowest BCUT2D eigenvalue weighted by Gasteiger charge is -2.14. The highest BCUT2D eigenvalue weighted by molar-refractivity contribution is 5.89. The third-order valence-corrected chi connectivity index (χ3v) is 5.38. The Morgan fingerprint density at radius 2 is 1.58 bits per heavy atom. The number of hydrogen-bond acceptors (Lipinski definition) is 5. The van der Waals surface area contributed by atoms with Crippen molar-refractivity contribution in [2.45, 2.75) is 51.9 Å². The first-order valence-corrected chi connectivity index (χ1v) is 10.9. The van der Waals surface area contributed by atoms with Gasteiger partial charge in [0.15, 0.2) is 28.8 Å². The van der Waals surface area contributed by atoms with Gasteiger partial charge in [0.25, 0.3) is 0 Å². The third kappa shape index (κ3) is 8.00. The number of ketones is 1. The number of rotatable bonds is 13. The maximum absolute atomic E-state index is 12.4. The molecule has 2 rings (SSSR count). The lowest BCUT2D eigenvalue weighted by molar-refractivity contribution is -0.114. The number of carbonyl (C=O) groups is 1. The molecule has 2 N–H and O–H groups in total. The highest BCUT2D eigenvalue weighted by Crippen LogP contribution is 2.29. The van der Waals surface area contributed by atoms with E-state index in [1.54, 1.807) is 37.5 Å². The molecule has 0 aliphatic carbocycles. The molecule has 0 aromatic heterocycles. The van der Waals surface area contributed by atoms with Crippen LogP contribution in [0.2, 0.25) is 0 Å². The Morgan fingerprint density at radius 3 is 2.19 bits per heavy atom. The minimum Gasteiger partial charge on any atom is -0.504 e. The van der Waals surface area contributed by atoms with E-state index >= 15 is 0 Å². The second kappa shape index (κ2) is 12.7. The molecule has 0 aliphatic rings. The SMILES string of the molecule is CCCCC[C@H](C=CC(=O)CCc1ccc(O)c(OC)c1)Cc1ccc(O)c(OC)c1. The van der Waals surface area contributed by atoms with Gasteiger partial charge in [-0.3, -0.25) is 4.79 Å². The number of allylic oxidation sites excluding steroid dienone is 2. The first-order chi connectivity index (χ1) is 15.0. The van der Waals surface area contributed by atoms with Crippen LogP contribution in [0.5, 0.6) is 23.0 Å². The predicted molar refractivity (Wildman–Crippen MR) is 123 cm³/mol. The van der Waals surface area contributed by atoms with Crippen LogP contribution in [0.25, 0.3) is 0 Å². The molecule has 0 aliphatic heterocycles. The Balaban J connectivity index is 1.99. The summed E-state index contributed by atoms with van der Waals surface area (Å²) in [5, 5.41) is 19.5. The van der Waals surface area contributed by atoms with Crippen LogP contribution in [0.4, 0.5) is 0 Å². The average Bonchev–Trinajstić information content (AvgIpc) is 2.78. The summed E-state index contributed by atoms with van der Waals surface area (Å²) in [6.45, 7) is 2.18. The highest BCUT2D eigenvalue weighted by atomic mass is 16.5. The van der Waals surface area contributed by atoms with Crippen LogP contribution in [-0.4, -0.2) is 30.2 Å². The zero-order valence-electron chi connectivity index (χ0n) is 18.8. The van der Waals surface area contributed by atoms with E-state index in [-0.39, 0.29) is 23.2 Å². The molecule has 0 heterocycles. The first-order valence-electron chi connectivity index (χ1n) is 10.9. The van der Waals surface area contributed by atoms with Gasteiger partial charge in [0.05, 0.1) is 14.2 Å². The molecule has 0 radical (unpaired) electrons. The molecule has 0 amide bonds. The Kier molecular flexibility index (Phi) is 9.95. The Labute approximate surface area is 185 Å². The second-order valence-corrected chi connectivity index (χ2v) is 7.80. The number of phenols is 2. The van der Waals surface area contributed by atoms with Crippen molar-refractivity contribution in [2.24, 2.45) is 5.92 Å². The summed E-state index contributed by atoms with van der Waals surface area (Å²) in [7, 11) is 3.05. The number of benzene rings is 2. The fraction of sp³-hybridized carbons (Fsp3) is 0.423. The van der Waals surface area contributed by atoms with Crippen LogP contribution in [-0.2, 0) is 17.6 Å². The van der Waals surface area contributed by atoms with Crippen LogP contribution >= 0.6 is 0 Å². The van der Waals surface area contributed by atoms with Crippen molar-refractivity contribution in [3.63, 3.8) is 0 Å². The second-order valence-electron chi connectivity index (χ2n) is 7.80. The van der Waals surface area contributed by atoms with Crippen molar-refractivity contribution < 1.29 is 24.5 Å². The fourth-order valence-corrected chi connectivity index (χ4v) is 3.55. The standard InChI is InChI=1S/C26H34O5/c1-4-5-6-7-19(16-21-11-15-24(29)26(18-21)31-3)8-12-22(27)13-9-20-10-14-23(28)25(17-20)30-2/h8,10-12,14-15,17-19,28-29H,4-7,9,13,16H2,1-3H3/t19-/m1/s1. The normalized spacial score (nSPS) is 12.1. The van der Waals surface area contributed by atoms with Crippen molar-refractivity contribution in [3.8, 4) is 23.0 Å². The van der Waals surface area contributed by atoms with Crippen molar-refractivity contribution >= 4 is 5.78 Å². The van der Waals surface area contributed by atoms with Crippen LogP contribution in [0.1, 0.15) is 50.2 Å². The summed E-state index contributed by atoms with van der Waals surface area (Å²) in [6, 6.07) is 10.6. The summed E-state index contributed by atoms with van der Waals surface area (Å²) in [5.41, 5.74) is 2.02. The molecule has 2 aromatic carbocycles. The van der Waals surface area contributed by atoms with Gasteiger partial charge in [-0.2, -0.15) is 0 Å². The molecular weight excluding hydrogens is 392 g/mol. The van der Waals surface area contributed by atoms with Gasteiger partial charge < -0.3 is 19.7 Å². The first kappa shape index (κ1) is 24.3. The van der Waals surface area contributed by atoms with Crippen LogP contribution in [0.15, 0.2) is 48.6 Å². The van der Waals surface area contributed by atoms with E-state index < -0.39 is 0 Å². The largest absolute Gasteiger partial charge is 0.504 e. The van der Waals surface area contributed by atoms with Gasteiger partial charge >= 0.3 is 0 Å². The summed E-state index contributed by atoms with van der Waals surface area (Å²) < 4.78 is 10.3. The molecule has 0 saturated carbocycles. The zero-order valence-corrected chi connectivity index (χ0v) is 18.8. The number of methoxy groups -OCH3 is 2. The lowest BCUT2D eigenvalue weighted by atomic mass is 9.92. The van der Waals surface area contributed by atoms with Gasteiger partial charge in [0.2, 0.25) is 0 Å². The molecule has 5 heteroatoms. The number of unbranched alkanes of at least 4 members (excludes halogenated alkanes) is 2.